The molecule has 4 heteroatoms. The predicted molar refractivity (Wildman–Crippen MR) is 59.4 cm³/mol. The van der Waals surface area contributed by atoms with E-state index in [1.807, 2.05) is 24.3 Å². The van der Waals surface area contributed by atoms with Crippen LogP contribution in [0.3, 0.4) is 0 Å². The number of aliphatic hydroxyl groups excluding tert-OH is 1. The Morgan fingerprint density at radius 2 is 2.20 bits per heavy atom. The highest BCUT2D eigenvalue weighted by atomic mass is 16.5. The van der Waals surface area contributed by atoms with E-state index >= 15 is 0 Å². The molecule has 1 aromatic carbocycles. The van der Waals surface area contributed by atoms with Crippen LogP contribution in [0.15, 0.2) is 24.3 Å². The van der Waals surface area contributed by atoms with Gasteiger partial charge in [-0.15, -0.1) is 0 Å². The van der Waals surface area contributed by atoms with Crippen LogP contribution in [0.4, 0.5) is 5.69 Å². The lowest BCUT2D eigenvalue weighted by atomic mass is 10.3. The van der Waals surface area contributed by atoms with Gasteiger partial charge in [0.2, 0.25) is 0 Å². The number of ether oxygens (including phenoxy) is 2. The maximum Gasteiger partial charge on any atom is 0.120 e. The molecule has 1 aromatic rings. The molecule has 1 rings (SSSR count). The molecule has 0 amide bonds. The molecule has 0 heterocycles. The van der Waals surface area contributed by atoms with Crippen molar-refractivity contribution >= 4 is 5.69 Å². The zero-order chi connectivity index (χ0) is 10.9. The molecule has 0 spiro atoms. The Hall–Kier alpha value is -1.26. The van der Waals surface area contributed by atoms with Crippen molar-refractivity contribution in [2.75, 3.05) is 38.8 Å². The molecule has 0 aromatic heterocycles. The first-order chi connectivity index (χ1) is 7.36. The number of methoxy groups -OCH3 is 1. The van der Waals surface area contributed by atoms with E-state index in [9.17, 15) is 0 Å². The molecule has 0 aliphatic heterocycles. The summed E-state index contributed by atoms with van der Waals surface area (Å²) in [5.41, 5.74) is 1.00. The Morgan fingerprint density at radius 1 is 1.33 bits per heavy atom. The van der Waals surface area contributed by atoms with E-state index in [0.717, 1.165) is 11.4 Å². The summed E-state index contributed by atoms with van der Waals surface area (Å²) in [5.74, 6) is 0.830. The standard InChI is InChI=1S/C11H17NO3/c1-14-11-4-2-3-10(9-11)12-5-7-15-8-6-13/h2-4,9,12-13H,5-8H2,1H3. The minimum absolute atomic E-state index is 0.0686. The molecule has 2 N–H and O–H groups in total. The van der Waals surface area contributed by atoms with Gasteiger partial charge in [-0.25, -0.2) is 0 Å². The van der Waals surface area contributed by atoms with E-state index in [0.29, 0.717) is 19.8 Å². The second-order valence-electron chi connectivity index (χ2n) is 2.99. The number of nitrogens with one attached hydrogen (secondary N) is 1. The van der Waals surface area contributed by atoms with Gasteiger partial charge in [0.05, 0.1) is 26.9 Å². The van der Waals surface area contributed by atoms with Crippen LogP contribution in [0.5, 0.6) is 5.75 Å². The third-order valence-corrected chi connectivity index (χ3v) is 1.88. The van der Waals surface area contributed by atoms with Crippen molar-refractivity contribution in [1.29, 1.82) is 0 Å². The molecular weight excluding hydrogens is 194 g/mol. The van der Waals surface area contributed by atoms with Crippen molar-refractivity contribution in [2.24, 2.45) is 0 Å². The number of hydrogen-bond acceptors (Lipinski definition) is 4. The van der Waals surface area contributed by atoms with Crippen LogP contribution < -0.4 is 10.1 Å². The maximum absolute atomic E-state index is 8.49. The van der Waals surface area contributed by atoms with Gasteiger partial charge in [-0.1, -0.05) is 6.07 Å². The van der Waals surface area contributed by atoms with Crippen molar-refractivity contribution in [3.8, 4) is 5.75 Å². The van der Waals surface area contributed by atoms with E-state index < -0.39 is 0 Å². The summed E-state index contributed by atoms with van der Waals surface area (Å²) < 4.78 is 10.2. The van der Waals surface area contributed by atoms with Crippen LogP contribution in [-0.4, -0.2) is 38.6 Å². The SMILES string of the molecule is COc1cccc(NCCOCCO)c1. The van der Waals surface area contributed by atoms with Crippen molar-refractivity contribution < 1.29 is 14.6 Å². The largest absolute Gasteiger partial charge is 0.497 e. The van der Waals surface area contributed by atoms with Gasteiger partial charge in [-0.2, -0.15) is 0 Å². The number of aliphatic hydroxyl groups is 1. The minimum Gasteiger partial charge on any atom is -0.497 e. The van der Waals surface area contributed by atoms with Crippen LogP contribution in [0.1, 0.15) is 0 Å². The van der Waals surface area contributed by atoms with Gasteiger partial charge in [-0.3, -0.25) is 0 Å². The first-order valence-corrected chi connectivity index (χ1v) is 4.93. The Labute approximate surface area is 89.8 Å². The summed E-state index contributed by atoms with van der Waals surface area (Å²) in [4.78, 5) is 0. The fourth-order valence-electron chi connectivity index (χ4n) is 1.17. The van der Waals surface area contributed by atoms with E-state index in [1.54, 1.807) is 7.11 Å². The van der Waals surface area contributed by atoms with E-state index in [4.69, 9.17) is 14.6 Å². The number of rotatable bonds is 7. The second kappa shape index (κ2) is 7.09. The fraction of sp³-hybridized carbons (Fsp3) is 0.455. The lowest BCUT2D eigenvalue weighted by molar-refractivity contribution is 0.0992. The van der Waals surface area contributed by atoms with Gasteiger partial charge in [0.1, 0.15) is 5.75 Å². The molecule has 0 atom stereocenters. The molecule has 0 fully saturated rings. The lowest BCUT2D eigenvalue weighted by Crippen LogP contribution is -2.11. The molecule has 0 bridgehead atoms. The third-order valence-electron chi connectivity index (χ3n) is 1.88. The van der Waals surface area contributed by atoms with Crippen molar-refractivity contribution in [1.82, 2.24) is 0 Å². The van der Waals surface area contributed by atoms with E-state index in [2.05, 4.69) is 5.32 Å². The van der Waals surface area contributed by atoms with Crippen molar-refractivity contribution in [3.63, 3.8) is 0 Å². The second-order valence-corrected chi connectivity index (χ2v) is 2.99. The van der Waals surface area contributed by atoms with Crippen LogP contribution in [0.25, 0.3) is 0 Å². The van der Waals surface area contributed by atoms with E-state index in [1.165, 1.54) is 0 Å². The molecule has 4 nitrogen and oxygen atoms in total. The minimum atomic E-state index is 0.0686. The zero-order valence-corrected chi connectivity index (χ0v) is 8.90. The van der Waals surface area contributed by atoms with Crippen LogP contribution in [-0.2, 0) is 4.74 Å². The quantitative estimate of drug-likeness (QED) is 0.663. The monoisotopic (exact) mass is 211 g/mol. The van der Waals surface area contributed by atoms with Gasteiger partial charge in [-0.05, 0) is 12.1 Å². The highest BCUT2D eigenvalue weighted by molar-refractivity contribution is 5.47. The van der Waals surface area contributed by atoms with Crippen LogP contribution >= 0.6 is 0 Å². The summed E-state index contributed by atoms with van der Waals surface area (Å²) in [6, 6.07) is 7.71. The van der Waals surface area contributed by atoms with Crippen LogP contribution in [0, 0.1) is 0 Å². The van der Waals surface area contributed by atoms with Gasteiger partial charge in [0.15, 0.2) is 0 Å². The summed E-state index contributed by atoms with van der Waals surface area (Å²) in [7, 11) is 1.64. The van der Waals surface area contributed by atoms with Gasteiger partial charge in [0.25, 0.3) is 0 Å². The summed E-state index contributed by atoms with van der Waals surface area (Å²) in [6.07, 6.45) is 0. The summed E-state index contributed by atoms with van der Waals surface area (Å²) in [5, 5.41) is 11.7. The topological polar surface area (TPSA) is 50.7 Å². The highest BCUT2D eigenvalue weighted by Gasteiger charge is 1.94. The van der Waals surface area contributed by atoms with Crippen molar-refractivity contribution in [2.45, 2.75) is 0 Å². The predicted octanol–water partition coefficient (Wildman–Crippen LogP) is 1.12. The molecule has 0 radical (unpaired) electrons. The molecule has 0 aliphatic carbocycles. The number of anilines is 1. The molecule has 0 saturated carbocycles. The molecule has 15 heavy (non-hydrogen) atoms. The average molecular weight is 211 g/mol. The first kappa shape index (κ1) is 11.8. The Kier molecular flexibility index (Phi) is 5.58. The maximum atomic E-state index is 8.49. The highest BCUT2D eigenvalue weighted by Crippen LogP contribution is 2.16. The normalized spacial score (nSPS) is 10.0. The van der Waals surface area contributed by atoms with Gasteiger partial charge < -0.3 is 19.9 Å². The van der Waals surface area contributed by atoms with Crippen LogP contribution in [0.2, 0.25) is 0 Å². The number of benzene rings is 1. The summed E-state index contributed by atoms with van der Waals surface area (Å²) >= 11 is 0. The Bertz CT molecular complexity index is 278. The first-order valence-electron chi connectivity index (χ1n) is 4.93. The smallest absolute Gasteiger partial charge is 0.120 e. The average Bonchev–Trinajstić information content (AvgIpc) is 2.29. The van der Waals surface area contributed by atoms with E-state index in [-0.39, 0.29) is 6.61 Å². The van der Waals surface area contributed by atoms with Crippen molar-refractivity contribution in [3.05, 3.63) is 24.3 Å². The van der Waals surface area contributed by atoms with Gasteiger partial charge in [0, 0.05) is 18.3 Å². The Morgan fingerprint density at radius 3 is 2.93 bits per heavy atom. The molecular formula is C11H17NO3. The molecule has 0 saturated heterocycles. The third kappa shape index (κ3) is 4.67. The lowest BCUT2D eigenvalue weighted by Gasteiger charge is -2.07. The molecule has 0 unspecified atom stereocenters. The Balaban J connectivity index is 2.24. The fourth-order valence-corrected chi connectivity index (χ4v) is 1.17. The molecule has 0 aliphatic rings. The summed E-state index contributed by atoms with van der Waals surface area (Å²) in [6.45, 7) is 1.75. The zero-order valence-electron chi connectivity index (χ0n) is 8.90. The number of hydrogen-bond donors (Lipinski definition) is 2. The van der Waals surface area contributed by atoms with Gasteiger partial charge >= 0.3 is 0 Å². The molecule has 84 valence electrons.